The molecule has 0 radical (unpaired) electrons. The fraction of sp³-hybridized carbons (Fsp3) is 0.923. The number of ether oxygens (including phenoxy) is 1. The first kappa shape index (κ1) is 14.5. The van der Waals surface area contributed by atoms with E-state index in [0.29, 0.717) is 6.42 Å². The number of nitrogens with one attached hydrogen (secondary N) is 1. The van der Waals surface area contributed by atoms with Gasteiger partial charge in [-0.1, -0.05) is 0 Å². The summed E-state index contributed by atoms with van der Waals surface area (Å²) < 4.78 is 5.62. The Balaban J connectivity index is 2.22. The third-order valence-electron chi connectivity index (χ3n) is 3.13. The SMILES string of the molecule is CC(N)CCCC(=O)NC1CCOC(C)(C)C1. The number of carbonyl (C=O) groups excluding carboxylic acids is 1. The molecule has 0 spiro atoms. The molecule has 100 valence electrons. The average Bonchev–Trinajstić information content (AvgIpc) is 2.14. The fourth-order valence-electron chi connectivity index (χ4n) is 2.24. The van der Waals surface area contributed by atoms with Gasteiger partial charge in [-0.05, 0) is 46.5 Å². The Morgan fingerprint density at radius 1 is 1.59 bits per heavy atom. The Morgan fingerprint density at radius 2 is 2.29 bits per heavy atom. The van der Waals surface area contributed by atoms with Crippen LogP contribution in [0, 0.1) is 0 Å². The second kappa shape index (κ2) is 6.36. The Kier molecular flexibility index (Phi) is 5.40. The van der Waals surface area contributed by atoms with Crippen LogP contribution in [0.4, 0.5) is 0 Å². The standard InChI is InChI=1S/C13H26N2O2/c1-10(14)5-4-6-12(16)15-11-7-8-17-13(2,3)9-11/h10-11H,4-9,14H2,1-3H3,(H,15,16). The maximum absolute atomic E-state index is 11.7. The largest absolute Gasteiger partial charge is 0.375 e. The number of carbonyl (C=O) groups is 1. The van der Waals surface area contributed by atoms with Crippen molar-refractivity contribution < 1.29 is 9.53 Å². The van der Waals surface area contributed by atoms with Gasteiger partial charge in [0.15, 0.2) is 0 Å². The third-order valence-corrected chi connectivity index (χ3v) is 3.13. The first-order valence-electron chi connectivity index (χ1n) is 6.58. The zero-order chi connectivity index (χ0) is 12.9. The number of amides is 1. The second-order valence-corrected chi connectivity index (χ2v) is 5.73. The van der Waals surface area contributed by atoms with Gasteiger partial charge in [-0.3, -0.25) is 4.79 Å². The van der Waals surface area contributed by atoms with Crippen molar-refractivity contribution in [2.75, 3.05) is 6.61 Å². The smallest absolute Gasteiger partial charge is 0.220 e. The summed E-state index contributed by atoms with van der Waals surface area (Å²) in [6.07, 6.45) is 4.18. The molecule has 4 nitrogen and oxygen atoms in total. The molecule has 2 unspecified atom stereocenters. The quantitative estimate of drug-likeness (QED) is 0.769. The summed E-state index contributed by atoms with van der Waals surface area (Å²) in [7, 11) is 0. The van der Waals surface area contributed by atoms with Crippen molar-refractivity contribution in [3.63, 3.8) is 0 Å². The molecule has 0 bridgehead atoms. The van der Waals surface area contributed by atoms with Gasteiger partial charge in [-0.15, -0.1) is 0 Å². The van der Waals surface area contributed by atoms with E-state index in [1.165, 1.54) is 0 Å². The van der Waals surface area contributed by atoms with Gasteiger partial charge in [0.2, 0.25) is 5.91 Å². The summed E-state index contributed by atoms with van der Waals surface area (Å²) in [6.45, 7) is 6.85. The summed E-state index contributed by atoms with van der Waals surface area (Å²) in [5, 5.41) is 3.09. The summed E-state index contributed by atoms with van der Waals surface area (Å²) in [4.78, 5) is 11.7. The van der Waals surface area contributed by atoms with E-state index < -0.39 is 0 Å². The van der Waals surface area contributed by atoms with Crippen molar-refractivity contribution in [1.82, 2.24) is 5.32 Å². The molecule has 17 heavy (non-hydrogen) atoms. The predicted octanol–water partition coefficient (Wildman–Crippen LogP) is 1.58. The molecule has 4 heteroatoms. The molecule has 1 aliphatic heterocycles. The number of nitrogens with two attached hydrogens (primary N) is 1. The zero-order valence-corrected chi connectivity index (χ0v) is 11.3. The maximum Gasteiger partial charge on any atom is 0.220 e. The van der Waals surface area contributed by atoms with Gasteiger partial charge in [-0.2, -0.15) is 0 Å². The van der Waals surface area contributed by atoms with E-state index in [1.807, 2.05) is 6.92 Å². The molecular weight excluding hydrogens is 216 g/mol. The minimum Gasteiger partial charge on any atom is -0.375 e. The third kappa shape index (κ3) is 6.03. The van der Waals surface area contributed by atoms with Gasteiger partial charge in [0.05, 0.1) is 5.60 Å². The molecule has 1 saturated heterocycles. The van der Waals surface area contributed by atoms with Gasteiger partial charge >= 0.3 is 0 Å². The van der Waals surface area contributed by atoms with E-state index >= 15 is 0 Å². The summed E-state index contributed by atoms with van der Waals surface area (Å²) in [6, 6.07) is 0.450. The molecule has 2 atom stereocenters. The van der Waals surface area contributed by atoms with Gasteiger partial charge in [0.1, 0.15) is 0 Å². The molecule has 1 heterocycles. The predicted molar refractivity (Wildman–Crippen MR) is 68.7 cm³/mol. The number of rotatable bonds is 5. The minimum atomic E-state index is -0.109. The molecule has 1 fully saturated rings. The molecule has 1 amide bonds. The normalized spacial score (nSPS) is 25.3. The van der Waals surface area contributed by atoms with Crippen LogP contribution in [0.1, 0.15) is 52.9 Å². The van der Waals surface area contributed by atoms with E-state index in [4.69, 9.17) is 10.5 Å². The Hall–Kier alpha value is -0.610. The average molecular weight is 242 g/mol. The van der Waals surface area contributed by atoms with Crippen LogP contribution in [0.15, 0.2) is 0 Å². The van der Waals surface area contributed by atoms with Gasteiger partial charge in [0, 0.05) is 25.1 Å². The Morgan fingerprint density at radius 3 is 2.88 bits per heavy atom. The van der Waals surface area contributed by atoms with Crippen molar-refractivity contribution in [2.45, 2.75) is 70.6 Å². The lowest BCUT2D eigenvalue weighted by Gasteiger charge is -2.35. The highest BCUT2D eigenvalue weighted by Crippen LogP contribution is 2.23. The van der Waals surface area contributed by atoms with Crippen LogP contribution < -0.4 is 11.1 Å². The molecule has 3 N–H and O–H groups in total. The molecule has 0 aromatic rings. The lowest BCUT2D eigenvalue weighted by Crippen LogP contribution is -2.45. The summed E-state index contributed by atoms with van der Waals surface area (Å²) in [5.41, 5.74) is 5.54. The van der Waals surface area contributed by atoms with Crippen molar-refractivity contribution in [2.24, 2.45) is 5.73 Å². The first-order chi connectivity index (χ1) is 7.89. The highest BCUT2D eigenvalue weighted by atomic mass is 16.5. The molecule has 0 saturated carbocycles. The van der Waals surface area contributed by atoms with Crippen LogP contribution in [0.3, 0.4) is 0 Å². The van der Waals surface area contributed by atoms with Gasteiger partial charge < -0.3 is 15.8 Å². The lowest BCUT2D eigenvalue weighted by molar-refractivity contribution is -0.124. The summed E-state index contributed by atoms with van der Waals surface area (Å²) >= 11 is 0. The van der Waals surface area contributed by atoms with Crippen LogP contribution in [-0.4, -0.2) is 30.2 Å². The number of hydrogen-bond acceptors (Lipinski definition) is 3. The zero-order valence-electron chi connectivity index (χ0n) is 11.3. The maximum atomic E-state index is 11.7. The number of hydrogen-bond donors (Lipinski definition) is 2. The van der Waals surface area contributed by atoms with Crippen LogP contribution in [0.2, 0.25) is 0 Å². The van der Waals surface area contributed by atoms with E-state index in [1.54, 1.807) is 0 Å². The molecule has 0 aliphatic carbocycles. The fourth-order valence-corrected chi connectivity index (χ4v) is 2.24. The Labute approximate surface area is 104 Å². The molecular formula is C13H26N2O2. The van der Waals surface area contributed by atoms with Gasteiger partial charge in [0.25, 0.3) is 0 Å². The van der Waals surface area contributed by atoms with Crippen molar-refractivity contribution in [3.8, 4) is 0 Å². The second-order valence-electron chi connectivity index (χ2n) is 5.73. The molecule has 1 aliphatic rings. The van der Waals surface area contributed by atoms with Crippen LogP contribution in [0.25, 0.3) is 0 Å². The minimum absolute atomic E-state index is 0.109. The van der Waals surface area contributed by atoms with Crippen molar-refractivity contribution >= 4 is 5.91 Å². The van der Waals surface area contributed by atoms with Crippen LogP contribution in [0.5, 0.6) is 0 Å². The van der Waals surface area contributed by atoms with Crippen LogP contribution >= 0.6 is 0 Å². The van der Waals surface area contributed by atoms with Crippen molar-refractivity contribution in [3.05, 3.63) is 0 Å². The lowest BCUT2D eigenvalue weighted by atomic mass is 9.94. The highest BCUT2D eigenvalue weighted by molar-refractivity contribution is 5.76. The van der Waals surface area contributed by atoms with Crippen LogP contribution in [-0.2, 0) is 9.53 Å². The molecule has 0 aromatic heterocycles. The van der Waals surface area contributed by atoms with Gasteiger partial charge in [-0.25, -0.2) is 0 Å². The van der Waals surface area contributed by atoms with Crippen molar-refractivity contribution in [1.29, 1.82) is 0 Å². The first-order valence-corrected chi connectivity index (χ1v) is 6.58. The summed E-state index contributed by atoms with van der Waals surface area (Å²) in [5.74, 6) is 0.147. The van der Waals surface area contributed by atoms with E-state index in [2.05, 4.69) is 19.2 Å². The van der Waals surface area contributed by atoms with E-state index in [-0.39, 0.29) is 23.6 Å². The molecule has 1 rings (SSSR count). The van der Waals surface area contributed by atoms with E-state index in [9.17, 15) is 4.79 Å². The highest BCUT2D eigenvalue weighted by Gasteiger charge is 2.29. The topological polar surface area (TPSA) is 64.4 Å². The Bertz CT molecular complexity index is 252. The van der Waals surface area contributed by atoms with E-state index in [0.717, 1.165) is 32.3 Å². The monoisotopic (exact) mass is 242 g/mol. The molecule has 0 aromatic carbocycles.